The number of rotatable bonds is 6. The summed E-state index contributed by atoms with van der Waals surface area (Å²) in [5.41, 5.74) is 2.44. The van der Waals surface area contributed by atoms with Crippen molar-refractivity contribution in [2.45, 2.75) is 46.1 Å². The maximum atomic E-state index is 12.8. The first-order chi connectivity index (χ1) is 13.1. The van der Waals surface area contributed by atoms with E-state index in [1.807, 2.05) is 38.1 Å². The second kappa shape index (κ2) is 8.91. The number of hydrogen-bond donors (Lipinski definition) is 2. The molecule has 150 valence electrons. The molecule has 0 heterocycles. The van der Waals surface area contributed by atoms with Gasteiger partial charge in [0, 0.05) is 11.3 Å². The van der Waals surface area contributed by atoms with E-state index in [0.717, 1.165) is 0 Å². The zero-order chi connectivity index (χ0) is 20.9. The Morgan fingerprint density at radius 1 is 0.929 bits per heavy atom. The number of carbonyl (C=O) groups is 2. The molecule has 0 aromatic heterocycles. The van der Waals surface area contributed by atoms with Crippen LogP contribution in [0.3, 0.4) is 0 Å². The van der Waals surface area contributed by atoms with Crippen LogP contribution in [-0.2, 0) is 10.2 Å². The molecule has 5 heteroatoms. The third-order valence-electron chi connectivity index (χ3n) is 4.61. The van der Waals surface area contributed by atoms with Gasteiger partial charge in [0.15, 0.2) is 0 Å². The highest BCUT2D eigenvalue weighted by Gasteiger charge is 2.25. The van der Waals surface area contributed by atoms with Crippen LogP contribution in [0.5, 0.6) is 5.75 Å². The summed E-state index contributed by atoms with van der Waals surface area (Å²) in [5.74, 6) is 0.0874. The highest BCUT2D eigenvalue weighted by molar-refractivity contribution is 6.01. The van der Waals surface area contributed by atoms with E-state index in [2.05, 4.69) is 31.4 Å². The van der Waals surface area contributed by atoms with Crippen molar-refractivity contribution in [1.29, 1.82) is 0 Å². The molecule has 0 saturated heterocycles. The molecule has 2 N–H and O–H groups in total. The molecule has 0 aliphatic rings. The van der Waals surface area contributed by atoms with Crippen LogP contribution in [0.4, 0.5) is 5.69 Å². The summed E-state index contributed by atoms with van der Waals surface area (Å²) in [6.07, 6.45) is 0. The lowest BCUT2D eigenvalue weighted by Gasteiger charge is -2.22. The molecule has 2 aromatic carbocycles. The van der Waals surface area contributed by atoms with Gasteiger partial charge in [-0.05, 0) is 53.3 Å². The molecule has 28 heavy (non-hydrogen) atoms. The number of benzene rings is 2. The quantitative estimate of drug-likeness (QED) is 0.779. The van der Waals surface area contributed by atoms with Crippen LogP contribution in [0, 0.1) is 5.92 Å². The zero-order valence-corrected chi connectivity index (χ0v) is 17.5. The minimum absolute atomic E-state index is 0.0509. The van der Waals surface area contributed by atoms with E-state index < -0.39 is 6.04 Å². The fraction of sp³-hybridized carbons (Fsp3) is 0.391. The third kappa shape index (κ3) is 5.59. The zero-order valence-electron chi connectivity index (χ0n) is 17.5. The van der Waals surface area contributed by atoms with Crippen molar-refractivity contribution in [3.05, 3.63) is 59.7 Å². The van der Waals surface area contributed by atoms with Gasteiger partial charge in [0.2, 0.25) is 5.91 Å². The van der Waals surface area contributed by atoms with Crippen molar-refractivity contribution < 1.29 is 14.3 Å². The maximum absolute atomic E-state index is 12.8. The van der Waals surface area contributed by atoms with Gasteiger partial charge in [0.05, 0.1) is 7.11 Å². The number of nitrogens with one attached hydrogen (secondary N) is 2. The van der Waals surface area contributed by atoms with Crippen molar-refractivity contribution >= 4 is 17.5 Å². The van der Waals surface area contributed by atoms with Gasteiger partial charge in [0.25, 0.3) is 5.91 Å². The van der Waals surface area contributed by atoms with E-state index in [-0.39, 0.29) is 23.1 Å². The smallest absolute Gasteiger partial charge is 0.251 e. The van der Waals surface area contributed by atoms with E-state index in [4.69, 9.17) is 4.74 Å². The van der Waals surface area contributed by atoms with E-state index in [1.54, 1.807) is 31.4 Å². The third-order valence-corrected chi connectivity index (χ3v) is 4.61. The van der Waals surface area contributed by atoms with Crippen LogP contribution in [0.25, 0.3) is 0 Å². The summed E-state index contributed by atoms with van der Waals surface area (Å²) in [6.45, 7) is 10.2. The first-order valence-electron chi connectivity index (χ1n) is 9.48. The first kappa shape index (κ1) is 21.5. The largest absolute Gasteiger partial charge is 0.497 e. The minimum Gasteiger partial charge on any atom is -0.497 e. The van der Waals surface area contributed by atoms with Crippen molar-refractivity contribution in [1.82, 2.24) is 5.32 Å². The van der Waals surface area contributed by atoms with Gasteiger partial charge in [-0.2, -0.15) is 0 Å². The van der Waals surface area contributed by atoms with Gasteiger partial charge < -0.3 is 15.4 Å². The monoisotopic (exact) mass is 382 g/mol. The minimum atomic E-state index is -0.642. The number of carbonyl (C=O) groups excluding carboxylic acids is 2. The van der Waals surface area contributed by atoms with Crippen molar-refractivity contribution in [2.75, 3.05) is 12.4 Å². The van der Waals surface area contributed by atoms with Crippen molar-refractivity contribution in [2.24, 2.45) is 5.92 Å². The van der Waals surface area contributed by atoms with Gasteiger partial charge in [-0.1, -0.05) is 46.8 Å². The topological polar surface area (TPSA) is 67.4 Å². The number of ether oxygens (including phenoxy) is 1. The van der Waals surface area contributed by atoms with E-state index in [1.165, 1.54) is 5.56 Å². The molecule has 0 bridgehead atoms. The van der Waals surface area contributed by atoms with Crippen LogP contribution in [0.15, 0.2) is 48.5 Å². The highest BCUT2D eigenvalue weighted by Crippen LogP contribution is 2.23. The summed E-state index contributed by atoms with van der Waals surface area (Å²) in [7, 11) is 1.57. The first-order valence-corrected chi connectivity index (χ1v) is 9.48. The number of methoxy groups -OCH3 is 1. The lowest BCUT2D eigenvalue weighted by molar-refractivity contribution is -0.118. The Balaban J connectivity index is 2.07. The molecule has 0 aliphatic heterocycles. The van der Waals surface area contributed by atoms with Crippen molar-refractivity contribution in [3.8, 4) is 5.75 Å². The van der Waals surface area contributed by atoms with E-state index in [9.17, 15) is 9.59 Å². The summed E-state index contributed by atoms with van der Waals surface area (Å²) < 4.78 is 5.11. The molecule has 5 nitrogen and oxygen atoms in total. The standard InChI is InChI=1S/C23H30N2O3/c1-15(2)20(25-21(26)16-7-13-19(28-6)14-8-16)22(27)24-18-11-9-17(10-12-18)23(3,4)5/h7-15,20H,1-6H3,(H,24,27)(H,25,26)/t20-/m0/s1. The molecule has 0 unspecified atom stereocenters. The molecule has 2 rings (SSSR count). The van der Waals surface area contributed by atoms with Gasteiger partial charge in [-0.3, -0.25) is 9.59 Å². The van der Waals surface area contributed by atoms with E-state index >= 15 is 0 Å². The molecule has 2 aromatic rings. The molecule has 0 aliphatic carbocycles. The molecule has 0 saturated carbocycles. The number of hydrogen-bond acceptors (Lipinski definition) is 3. The summed E-state index contributed by atoms with van der Waals surface area (Å²) >= 11 is 0. The average Bonchev–Trinajstić information content (AvgIpc) is 2.65. The molecular formula is C23H30N2O3. The van der Waals surface area contributed by atoms with Gasteiger partial charge in [-0.25, -0.2) is 0 Å². The average molecular weight is 383 g/mol. The van der Waals surface area contributed by atoms with Crippen LogP contribution in [-0.4, -0.2) is 25.0 Å². The van der Waals surface area contributed by atoms with Gasteiger partial charge >= 0.3 is 0 Å². The Morgan fingerprint density at radius 2 is 1.50 bits per heavy atom. The lowest BCUT2D eigenvalue weighted by Crippen LogP contribution is -2.47. The SMILES string of the molecule is COc1ccc(C(=O)N[C@H](C(=O)Nc2ccc(C(C)(C)C)cc2)C(C)C)cc1. The van der Waals surface area contributed by atoms with Crippen LogP contribution < -0.4 is 15.4 Å². The molecule has 0 spiro atoms. The Labute approximate surface area is 167 Å². The van der Waals surface area contributed by atoms with Crippen LogP contribution in [0.2, 0.25) is 0 Å². The second-order valence-electron chi connectivity index (χ2n) is 8.24. The Bertz CT molecular complexity index is 803. The fourth-order valence-corrected chi connectivity index (χ4v) is 2.78. The molecule has 2 amide bonds. The molecular weight excluding hydrogens is 352 g/mol. The highest BCUT2D eigenvalue weighted by atomic mass is 16.5. The van der Waals surface area contributed by atoms with Gasteiger partial charge in [0.1, 0.15) is 11.8 Å². The Kier molecular flexibility index (Phi) is 6.84. The van der Waals surface area contributed by atoms with E-state index in [0.29, 0.717) is 17.0 Å². The summed E-state index contributed by atoms with van der Waals surface area (Å²) in [5, 5.41) is 5.74. The molecule has 0 radical (unpaired) electrons. The Hall–Kier alpha value is -2.82. The van der Waals surface area contributed by atoms with Crippen LogP contribution >= 0.6 is 0 Å². The van der Waals surface area contributed by atoms with Crippen molar-refractivity contribution in [3.63, 3.8) is 0 Å². The summed E-state index contributed by atoms with van der Waals surface area (Å²) in [4.78, 5) is 25.3. The van der Waals surface area contributed by atoms with Crippen LogP contribution in [0.1, 0.15) is 50.5 Å². The Morgan fingerprint density at radius 3 is 1.96 bits per heavy atom. The van der Waals surface area contributed by atoms with Gasteiger partial charge in [-0.15, -0.1) is 0 Å². The number of amides is 2. The fourth-order valence-electron chi connectivity index (χ4n) is 2.78. The summed E-state index contributed by atoms with van der Waals surface area (Å²) in [6, 6.07) is 13.9. The lowest BCUT2D eigenvalue weighted by atomic mass is 9.87. The molecule has 0 fully saturated rings. The predicted molar refractivity (Wildman–Crippen MR) is 113 cm³/mol. The normalized spacial score (nSPS) is 12.4. The maximum Gasteiger partial charge on any atom is 0.251 e. The second-order valence-corrected chi connectivity index (χ2v) is 8.24. The molecule has 1 atom stereocenters. The number of anilines is 1. The predicted octanol–water partition coefficient (Wildman–Crippen LogP) is 4.39.